The molecule has 0 aliphatic carbocycles. The lowest BCUT2D eigenvalue weighted by Gasteiger charge is -2.32. The van der Waals surface area contributed by atoms with Crippen molar-refractivity contribution in [3.05, 3.63) is 30.1 Å². The summed E-state index contributed by atoms with van der Waals surface area (Å²) in [5.41, 5.74) is 1.34. The lowest BCUT2D eigenvalue weighted by molar-refractivity contribution is 0.165. The minimum Gasteiger partial charge on any atom is -0.299 e. The van der Waals surface area contributed by atoms with Crippen LogP contribution in [0.1, 0.15) is 24.8 Å². The number of hydrogen-bond donors (Lipinski definition) is 0. The fraction of sp³-hybridized carbons (Fsp3) is 0.615. The van der Waals surface area contributed by atoms with Crippen LogP contribution in [0.5, 0.6) is 0 Å². The summed E-state index contributed by atoms with van der Waals surface area (Å²) in [5.74, 6) is 0.879. The van der Waals surface area contributed by atoms with Gasteiger partial charge in [-0.25, -0.2) is 0 Å². The molecule has 88 valence electrons. The summed E-state index contributed by atoms with van der Waals surface area (Å²) in [6, 6.07) is 4.19. The first-order valence-corrected chi connectivity index (χ1v) is 7.18. The second kappa shape index (κ2) is 6.36. The van der Waals surface area contributed by atoms with E-state index in [0.29, 0.717) is 0 Å². The lowest BCUT2D eigenvalue weighted by atomic mass is 9.95. The van der Waals surface area contributed by atoms with Crippen molar-refractivity contribution < 1.29 is 0 Å². The van der Waals surface area contributed by atoms with Crippen LogP contribution in [0.3, 0.4) is 0 Å². The Morgan fingerprint density at radius 1 is 1.50 bits per heavy atom. The highest BCUT2D eigenvalue weighted by molar-refractivity contribution is 9.09. The molecule has 0 radical (unpaired) electrons. The van der Waals surface area contributed by atoms with Crippen molar-refractivity contribution in [2.45, 2.75) is 25.8 Å². The Bertz CT molecular complexity index is 300. The van der Waals surface area contributed by atoms with Gasteiger partial charge < -0.3 is 0 Å². The highest BCUT2D eigenvalue weighted by Crippen LogP contribution is 2.21. The fourth-order valence-corrected chi connectivity index (χ4v) is 3.08. The molecule has 1 atom stereocenters. The summed E-state index contributed by atoms with van der Waals surface area (Å²) >= 11 is 3.54. The molecule has 0 aromatic carbocycles. The second-order valence-corrected chi connectivity index (χ2v) is 5.38. The van der Waals surface area contributed by atoms with Gasteiger partial charge in [0.1, 0.15) is 0 Å². The van der Waals surface area contributed by atoms with Gasteiger partial charge in [-0.05, 0) is 43.4 Å². The smallest absolute Gasteiger partial charge is 0.0312 e. The van der Waals surface area contributed by atoms with Crippen LogP contribution in [-0.2, 0) is 6.54 Å². The number of hydrogen-bond acceptors (Lipinski definition) is 2. The molecule has 1 aliphatic rings. The lowest BCUT2D eigenvalue weighted by Crippen LogP contribution is -2.35. The number of nitrogens with zero attached hydrogens (tertiary/aromatic N) is 2. The third-order valence-corrected chi connectivity index (χ3v) is 3.71. The first kappa shape index (κ1) is 12.1. The van der Waals surface area contributed by atoms with E-state index in [1.807, 2.05) is 18.5 Å². The average Bonchev–Trinajstić information content (AvgIpc) is 2.31. The SMILES string of the molecule is BrCCC1CCCN(Cc2cccnc2)C1. The maximum Gasteiger partial charge on any atom is 0.0312 e. The topological polar surface area (TPSA) is 16.1 Å². The summed E-state index contributed by atoms with van der Waals surface area (Å²) in [6.45, 7) is 3.56. The zero-order valence-electron chi connectivity index (χ0n) is 9.61. The molecule has 16 heavy (non-hydrogen) atoms. The van der Waals surface area contributed by atoms with Gasteiger partial charge in [0.25, 0.3) is 0 Å². The standard InChI is InChI=1S/C13H19BrN2/c14-6-5-12-4-2-8-16(10-12)11-13-3-1-7-15-9-13/h1,3,7,9,12H,2,4-6,8,10-11H2. The first-order valence-electron chi connectivity index (χ1n) is 6.05. The summed E-state index contributed by atoms with van der Waals surface area (Å²) in [6.07, 6.45) is 7.87. The molecule has 1 saturated heterocycles. The number of aromatic nitrogens is 1. The van der Waals surface area contributed by atoms with Crippen molar-refractivity contribution in [3.8, 4) is 0 Å². The third kappa shape index (κ3) is 3.56. The number of likely N-dealkylation sites (tertiary alicyclic amines) is 1. The summed E-state index contributed by atoms with van der Waals surface area (Å²) < 4.78 is 0. The van der Waals surface area contributed by atoms with Crippen LogP contribution < -0.4 is 0 Å². The molecule has 0 spiro atoms. The average molecular weight is 283 g/mol. The van der Waals surface area contributed by atoms with Crippen LogP contribution in [0.15, 0.2) is 24.5 Å². The van der Waals surface area contributed by atoms with Crippen LogP contribution in [0.2, 0.25) is 0 Å². The minimum absolute atomic E-state index is 0.879. The highest BCUT2D eigenvalue weighted by atomic mass is 79.9. The molecule has 3 heteroatoms. The van der Waals surface area contributed by atoms with Crippen molar-refractivity contribution in [3.63, 3.8) is 0 Å². The summed E-state index contributed by atoms with van der Waals surface area (Å²) in [4.78, 5) is 6.73. The maximum absolute atomic E-state index is 4.17. The van der Waals surface area contributed by atoms with Crippen LogP contribution in [0.25, 0.3) is 0 Å². The Morgan fingerprint density at radius 3 is 3.19 bits per heavy atom. The zero-order chi connectivity index (χ0) is 11.2. The summed E-state index contributed by atoms with van der Waals surface area (Å²) in [5, 5.41) is 1.14. The van der Waals surface area contributed by atoms with Gasteiger partial charge in [-0.2, -0.15) is 0 Å². The van der Waals surface area contributed by atoms with E-state index in [-0.39, 0.29) is 0 Å². The van der Waals surface area contributed by atoms with Gasteiger partial charge in [0.2, 0.25) is 0 Å². The van der Waals surface area contributed by atoms with E-state index >= 15 is 0 Å². The van der Waals surface area contributed by atoms with Gasteiger partial charge in [-0.15, -0.1) is 0 Å². The molecule has 2 heterocycles. The quantitative estimate of drug-likeness (QED) is 0.789. The van der Waals surface area contributed by atoms with Gasteiger partial charge in [0.15, 0.2) is 0 Å². The monoisotopic (exact) mass is 282 g/mol. The minimum atomic E-state index is 0.879. The van der Waals surface area contributed by atoms with E-state index in [1.165, 1.54) is 37.9 Å². The zero-order valence-corrected chi connectivity index (χ0v) is 11.2. The van der Waals surface area contributed by atoms with Gasteiger partial charge in [-0.1, -0.05) is 22.0 Å². The Morgan fingerprint density at radius 2 is 2.44 bits per heavy atom. The highest BCUT2D eigenvalue weighted by Gasteiger charge is 2.19. The fourth-order valence-electron chi connectivity index (χ4n) is 2.43. The predicted molar refractivity (Wildman–Crippen MR) is 70.6 cm³/mol. The van der Waals surface area contributed by atoms with Crippen LogP contribution >= 0.6 is 15.9 Å². The molecular formula is C13H19BrN2. The molecule has 1 fully saturated rings. The Balaban J connectivity index is 1.85. The molecule has 0 amide bonds. The van der Waals surface area contributed by atoms with Gasteiger partial charge >= 0.3 is 0 Å². The number of rotatable bonds is 4. The van der Waals surface area contributed by atoms with Crippen LogP contribution in [0.4, 0.5) is 0 Å². The largest absolute Gasteiger partial charge is 0.299 e. The van der Waals surface area contributed by atoms with E-state index in [9.17, 15) is 0 Å². The molecule has 2 nitrogen and oxygen atoms in total. The Labute approximate surface area is 106 Å². The molecule has 1 unspecified atom stereocenters. The molecule has 0 saturated carbocycles. The Kier molecular flexibility index (Phi) is 4.79. The van der Waals surface area contributed by atoms with Crippen LogP contribution in [-0.4, -0.2) is 28.3 Å². The van der Waals surface area contributed by atoms with Gasteiger partial charge in [0.05, 0.1) is 0 Å². The molecular weight excluding hydrogens is 264 g/mol. The first-order chi connectivity index (χ1) is 7.88. The van der Waals surface area contributed by atoms with Crippen molar-refractivity contribution in [2.24, 2.45) is 5.92 Å². The number of alkyl halides is 1. The maximum atomic E-state index is 4.17. The van der Waals surface area contributed by atoms with E-state index in [1.54, 1.807) is 0 Å². The normalized spacial score (nSPS) is 22.2. The van der Waals surface area contributed by atoms with Crippen LogP contribution in [0, 0.1) is 5.92 Å². The summed E-state index contributed by atoms with van der Waals surface area (Å²) in [7, 11) is 0. The Hall–Kier alpha value is -0.410. The van der Waals surface area contributed by atoms with E-state index in [0.717, 1.165) is 17.8 Å². The number of pyridine rings is 1. The predicted octanol–water partition coefficient (Wildman–Crippen LogP) is 3.08. The van der Waals surface area contributed by atoms with E-state index in [2.05, 4.69) is 31.9 Å². The number of halogens is 1. The number of piperidine rings is 1. The van der Waals surface area contributed by atoms with Gasteiger partial charge in [0, 0.05) is 30.8 Å². The van der Waals surface area contributed by atoms with E-state index < -0.39 is 0 Å². The molecule has 0 N–H and O–H groups in total. The van der Waals surface area contributed by atoms with Crippen molar-refractivity contribution in [1.29, 1.82) is 0 Å². The van der Waals surface area contributed by atoms with Gasteiger partial charge in [-0.3, -0.25) is 9.88 Å². The molecule has 1 aromatic heterocycles. The molecule has 0 bridgehead atoms. The van der Waals surface area contributed by atoms with Crippen molar-refractivity contribution >= 4 is 15.9 Å². The molecule has 2 rings (SSSR count). The van der Waals surface area contributed by atoms with Crippen molar-refractivity contribution in [1.82, 2.24) is 9.88 Å². The molecule has 1 aliphatic heterocycles. The second-order valence-electron chi connectivity index (χ2n) is 4.58. The molecule has 1 aromatic rings. The van der Waals surface area contributed by atoms with Crippen molar-refractivity contribution in [2.75, 3.05) is 18.4 Å². The van der Waals surface area contributed by atoms with E-state index in [4.69, 9.17) is 0 Å². The third-order valence-electron chi connectivity index (χ3n) is 3.25.